The Bertz CT molecular complexity index is 1030. The van der Waals surface area contributed by atoms with Crippen LogP contribution in [-0.2, 0) is 0 Å². The summed E-state index contributed by atoms with van der Waals surface area (Å²) in [6.45, 7) is 6.30. The van der Waals surface area contributed by atoms with Gasteiger partial charge in [0.1, 0.15) is 5.69 Å². The lowest BCUT2D eigenvalue weighted by Crippen LogP contribution is -2.29. The van der Waals surface area contributed by atoms with E-state index in [2.05, 4.69) is 64.2 Å². The number of thiocarbonyl (C=S) groups is 1. The molecule has 0 bridgehead atoms. The number of aryl methyl sites for hydroxylation is 2. The lowest BCUT2D eigenvalue weighted by atomic mass is 10.1. The molecule has 8 heteroatoms. The Labute approximate surface area is 190 Å². The number of piperidine rings is 1. The summed E-state index contributed by atoms with van der Waals surface area (Å²) in [7, 11) is 0. The molecule has 0 radical (unpaired) electrons. The zero-order valence-corrected chi connectivity index (χ0v) is 19.6. The van der Waals surface area contributed by atoms with E-state index in [9.17, 15) is 0 Å². The summed E-state index contributed by atoms with van der Waals surface area (Å²) in [5, 5.41) is 11.2. The molecule has 1 aromatic carbocycles. The van der Waals surface area contributed by atoms with Crippen LogP contribution in [0.4, 0.5) is 10.8 Å². The Morgan fingerprint density at radius 3 is 2.77 bits per heavy atom. The molecule has 0 amide bonds. The van der Waals surface area contributed by atoms with Gasteiger partial charge < -0.3 is 10.2 Å². The number of nitrogens with zero attached hydrogens (tertiary/aromatic N) is 3. The van der Waals surface area contributed by atoms with Crippen LogP contribution in [0.2, 0.25) is 0 Å². The topological polar surface area (TPSA) is 52.6 Å². The van der Waals surface area contributed by atoms with Crippen LogP contribution in [-0.4, -0.2) is 29.4 Å². The second-order valence-corrected chi connectivity index (χ2v) is 9.74. The van der Waals surface area contributed by atoms with Crippen molar-refractivity contribution in [3.05, 3.63) is 51.7 Å². The van der Waals surface area contributed by atoms with Crippen molar-refractivity contribution in [2.24, 2.45) is 5.10 Å². The summed E-state index contributed by atoms with van der Waals surface area (Å²) < 4.78 is 0. The summed E-state index contributed by atoms with van der Waals surface area (Å²) in [6, 6.07) is 10.4. The van der Waals surface area contributed by atoms with E-state index < -0.39 is 0 Å². The molecule has 3 aromatic rings. The first-order valence-electron chi connectivity index (χ1n) is 10.1. The van der Waals surface area contributed by atoms with Gasteiger partial charge in [0.05, 0.1) is 16.0 Å². The molecular formula is C22H25N5S3. The van der Waals surface area contributed by atoms with Crippen LogP contribution in [0.3, 0.4) is 0 Å². The fourth-order valence-corrected chi connectivity index (χ4v) is 5.43. The van der Waals surface area contributed by atoms with Crippen molar-refractivity contribution in [1.82, 2.24) is 10.4 Å². The standard InChI is InChI=1S/C22H25N5S3/c1-15-8-9-17(16(2)13-15)24-21(28)26-23-14-19-20(18-7-6-12-29-18)25-22(30-19)27-10-4-3-5-11-27/h6-9,12-14H,3-5,10-11H2,1-2H3,(H2,24,26,28)/b23-14+. The van der Waals surface area contributed by atoms with Gasteiger partial charge >= 0.3 is 0 Å². The molecular weight excluding hydrogens is 430 g/mol. The van der Waals surface area contributed by atoms with Gasteiger partial charge in [-0.15, -0.1) is 11.3 Å². The third-order valence-electron chi connectivity index (χ3n) is 5.00. The van der Waals surface area contributed by atoms with Gasteiger partial charge in [0.2, 0.25) is 0 Å². The number of thiophene rings is 1. The Kier molecular flexibility index (Phi) is 6.76. The largest absolute Gasteiger partial charge is 0.348 e. The van der Waals surface area contributed by atoms with Gasteiger partial charge in [0.15, 0.2) is 10.2 Å². The molecule has 2 aromatic heterocycles. The minimum Gasteiger partial charge on any atom is -0.348 e. The quantitative estimate of drug-likeness (QED) is 0.289. The highest BCUT2D eigenvalue weighted by Gasteiger charge is 2.19. The van der Waals surface area contributed by atoms with E-state index in [0.717, 1.165) is 44.9 Å². The Hall–Kier alpha value is -2.29. The minimum atomic E-state index is 0.469. The van der Waals surface area contributed by atoms with Gasteiger partial charge in [-0.1, -0.05) is 35.1 Å². The van der Waals surface area contributed by atoms with E-state index >= 15 is 0 Å². The van der Waals surface area contributed by atoms with Crippen molar-refractivity contribution in [3.63, 3.8) is 0 Å². The molecule has 0 saturated carbocycles. The maximum Gasteiger partial charge on any atom is 0.191 e. The molecule has 5 nitrogen and oxygen atoms in total. The van der Waals surface area contributed by atoms with E-state index in [1.54, 1.807) is 22.7 Å². The normalized spacial score (nSPS) is 14.3. The van der Waals surface area contributed by atoms with Crippen LogP contribution < -0.4 is 15.6 Å². The zero-order valence-electron chi connectivity index (χ0n) is 17.1. The van der Waals surface area contributed by atoms with Crippen molar-refractivity contribution in [1.29, 1.82) is 0 Å². The second-order valence-electron chi connectivity index (χ2n) is 7.38. The molecule has 0 aliphatic carbocycles. The van der Waals surface area contributed by atoms with Crippen LogP contribution in [0.5, 0.6) is 0 Å². The van der Waals surface area contributed by atoms with E-state index in [1.807, 2.05) is 12.3 Å². The lowest BCUT2D eigenvalue weighted by Gasteiger charge is -2.25. The highest BCUT2D eigenvalue weighted by atomic mass is 32.1. The van der Waals surface area contributed by atoms with Gasteiger partial charge in [-0.3, -0.25) is 5.43 Å². The molecule has 1 saturated heterocycles. The molecule has 2 N–H and O–H groups in total. The second kappa shape index (κ2) is 9.68. The molecule has 1 aliphatic rings. The summed E-state index contributed by atoms with van der Waals surface area (Å²) in [5.74, 6) is 0. The molecule has 1 aliphatic heterocycles. The monoisotopic (exact) mass is 455 g/mol. The highest BCUT2D eigenvalue weighted by molar-refractivity contribution is 7.80. The average Bonchev–Trinajstić information content (AvgIpc) is 3.41. The molecule has 0 spiro atoms. The van der Waals surface area contributed by atoms with Crippen LogP contribution >= 0.6 is 34.9 Å². The van der Waals surface area contributed by atoms with Crippen LogP contribution in [0.25, 0.3) is 10.6 Å². The van der Waals surface area contributed by atoms with Crippen molar-refractivity contribution in [2.75, 3.05) is 23.3 Å². The number of hydrogen-bond donors (Lipinski definition) is 2. The predicted molar refractivity (Wildman–Crippen MR) is 134 cm³/mol. The first kappa shape index (κ1) is 21.0. The summed E-state index contributed by atoms with van der Waals surface area (Å²) in [4.78, 5) is 9.54. The van der Waals surface area contributed by atoms with Crippen LogP contribution in [0.1, 0.15) is 35.3 Å². The van der Waals surface area contributed by atoms with Gasteiger partial charge in [-0.05, 0) is 68.4 Å². The number of nitrogens with one attached hydrogen (secondary N) is 2. The Balaban J connectivity index is 1.47. The fraction of sp³-hybridized carbons (Fsp3) is 0.318. The molecule has 30 heavy (non-hydrogen) atoms. The predicted octanol–water partition coefficient (Wildman–Crippen LogP) is 5.80. The van der Waals surface area contributed by atoms with Crippen molar-refractivity contribution >= 4 is 57.0 Å². The molecule has 0 atom stereocenters. The highest BCUT2D eigenvalue weighted by Crippen LogP contribution is 2.35. The third-order valence-corrected chi connectivity index (χ3v) is 7.12. The van der Waals surface area contributed by atoms with Crippen molar-refractivity contribution < 1.29 is 0 Å². The maximum atomic E-state index is 5.41. The number of anilines is 2. The maximum absolute atomic E-state index is 5.41. The molecule has 4 rings (SSSR count). The number of benzene rings is 1. The molecule has 156 valence electrons. The number of hydrogen-bond acceptors (Lipinski definition) is 6. The summed E-state index contributed by atoms with van der Waals surface area (Å²) in [6.07, 6.45) is 5.60. The zero-order chi connectivity index (χ0) is 20.9. The summed E-state index contributed by atoms with van der Waals surface area (Å²) in [5.41, 5.74) is 7.30. The van der Waals surface area contributed by atoms with Crippen molar-refractivity contribution in [2.45, 2.75) is 33.1 Å². The first-order valence-corrected chi connectivity index (χ1v) is 12.2. The van der Waals surface area contributed by atoms with E-state index in [1.165, 1.54) is 24.8 Å². The smallest absolute Gasteiger partial charge is 0.191 e. The molecule has 0 unspecified atom stereocenters. The van der Waals surface area contributed by atoms with Crippen molar-refractivity contribution in [3.8, 4) is 10.6 Å². The minimum absolute atomic E-state index is 0.469. The first-order chi connectivity index (χ1) is 14.6. The number of thiazole rings is 1. The Morgan fingerprint density at radius 2 is 2.03 bits per heavy atom. The number of rotatable bonds is 5. The van der Waals surface area contributed by atoms with Gasteiger partial charge in [-0.25, -0.2) is 4.98 Å². The molecule has 3 heterocycles. The van der Waals surface area contributed by atoms with E-state index in [0.29, 0.717) is 5.11 Å². The fourth-order valence-electron chi connectivity index (χ4n) is 3.47. The van der Waals surface area contributed by atoms with Crippen LogP contribution in [0.15, 0.2) is 40.8 Å². The van der Waals surface area contributed by atoms with Gasteiger partial charge in [0, 0.05) is 18.8 Å². The molecule has 1 fully saturated rings. The van der Waals surface area contributed by atoms with E-state index in [-0.39, 0.29) is 0 Å². The van der Waals surface area contributed by atoms with Crippen LogP contribution in [0, 0.1) is 13.8 Å². The summed E-state index contributed by atoms with van der Waals surface area (Å²) >= 11 is 8.80. The van der Waals surface area contributed by atoms with E-state index in [4.69, 9.17) is 17.2 Å². The SMILES string of the molecule is Cc1ccc(NC(=S)N/N=C/c2sc(N3CCCCC3)nc2-c2cccs2)c(C)c1. The van der Waals surface area contributed by atoms with Gasteiger partial charge in [0.25, 0.3) is 0 Å². The number of aromatic nitrogens is 1. The van der Waals surface area contributed by atoms with Gasteiger partial charge in [-0.2, -0.15) is 5.10 Å². The lowest BCUT2D eigenvalue weighted by molar-refractivity contribution is 0.577. The average molecular weight is 456 g/mol. The number of hydrazone groups is 1. The third kappa shape index (κ3) is 5.06. The Morgan fingerprint density at radius 1 is 1.20 bits per heavy atom.